The summed E-state index contributed by atoms with van der Waals surface area (Å²) in [7, 11) is 0. The highest BCUT2D eigenvalue weighted by atomic mass is 16.5. The Bertz CT molecular complexity index is 995. The zero-order chi connectivity index (χ0) is 18.5. The molecular weight excluding hydrogens is 350 g/mol. The van der Waals surface area contributed by atoms with Crippen molar-refractivity contribution in [2.24, 2.45) is 0 Å². The number of ether oxygens (including phenoxy) is 1. The Balaban J connectivity index is 1.20. The van der Waals surface area contributed by atoms with Crippen molar-refractivity contribution in [2.75, 3.05) is 19.7 Å². The molecule has 1 saturated carbocycles. The molecule has 1 aromatic heterocycles. The third-order valence-electron chi connectivity index (χ3n) is 6.72. The van der Waals surface area contributed by atoms with Gasteiger partial charge in [-0.05, 0) is 48.1 Å². The van der Waals surface area contributed by atoms with Crippen LogP contribution in [-0.4, -0.2) is 40.8 Å². The highest BCUT2D eigenvalue weighted by Crippen LogP contribution is 2.55. The van der Waals surface area contributed by atoms with Crippen LogP contribution in [0.15, 0.2) is 47.0 Å². The summed E-state index contributed by atoms with van der Waals surface area (Å²) in [5.74, 6) is 2.30. The minimum absolute atomic E-state index is 0.0541. The molecule has 5 nitrogen and oxygen atoms in total. The van der Waals surface area contributed by atoms with Crippen molar-refractivity contribution in [3.63, 3.8) is 0 Å². The summed E-state index contributed by atoms with van der Waals surface area (Å²) < 4.78 is 11.8. The molecule has 2 aromatic carbocycles. The van der Waals surface area contributed by atoms with Crippen LogP contribution in [0.1, 0.15) is 60.9 Å². The van der Waals surface area contributed by atoms with Crippen LogP contribution in [0, 0.1) is 0 Å². The van der Waals surface area contributed by atoms with E-state index in [0.717, 1.165) is 31.3 Å². The maximum Gasteiger partial charge on any atom is 0.230 e. The van der Waals surface area contributed by atoms with Crippen LogP contribution >= 0.6 is 0 Å². The van der Waals surface area contributed by atoms with Crippen molar-refractivity contribution in [3.8, 4) is 0 Å². The number of rotatable bonds is 3. The Kier molecular flexibility index (Phi) is 3.98. The summed E-state index contributed by atoms with van der Waals surface area (Å²) in [4.78, 5) is 7.31. The molecule has 2 saturated heterocycles. The van der Waals surface area contributed by atoms with Gasteiger partial charge in [-0.2, -0.15) is 4.98 Å². The van der Waals surface area contributed by atoms with Crippen molar-refractivity contribution >= 4 is 10.8 Å². The van der Waals surface area contributed by atoms with Gasteiger partial charge >= 0.3 is 0 Å². The Hall–Kier alpha value is -2.24. The zero-order valence-electron chi connectivity index (χ0n) is 16.0. The molecule has 2 aliphatic heterocycles. The lowest BCUT2D eigenvalue weighted by Crippen LogP contribution is -2.49. The van der Waals surface area contributed by atoms with E-state index in [4.69, 9.17) is 14.2 Å². The third-order valence-corrected chi connectivity index (χ3v) is 6.72. The fraction of sp³-hybridized carbons (Fsp3) is 0.478. The molecule has 3 aromatic rings. The molecule has 6 rings (SSSR count). The van der Waals surface area contributed by atoms with E-state index in [2.05, 4.69) is 52.5 Å². The molecule has 0 spiro atoms. The van der Waals surface area contributed by atoms with Crippen molar-refractivity contribution in [1.29, 1.82) is 0 Å². The van der Waals surface area contributed by atoms with Crippen LogP contribution in [0.4, 0.5) is 0 Å². The zero-order valence-corrected chi connectivity index (χ0v) is 16.0. The van der Waals surface area contributed by atoms with Crippen LogP contribution in [0.3, 0.4) is 0 Å². The second-order valence-corrected chi connectivity index (χ2v) is 8.47. The molecule has 3 fully saturated rings. The lowest BCUT2D eigenvalue weighted by molar-refractivity contribution is -0.0805. The predicted molar refractivity (Wildman–Crippen MR) is 106 cm³/mol. The number of benzene rings is 2. The first-order valence-electron chi connectivity index (χ1n) is 10.5. The SMILES string of the molecule is c1ccc2c(C3CC3c3nc(C4CN5CCCCC5CO4)no3)cccc2c1. The number of aromatic nitrogens is 2. The van der Waals surface area contributed by atoms with Gasteiger partial charge in [0.25, 0.3) is 0 Å². The highest BCUT2D eigenvalue weighted by Gasteiger charge is 2.45. The topological polar surface area (TPSA) is 51.4 Å². The second-order valence-electron chi connectivity index (χ2n) is 8.47. The first-order valence-corrected chi connectivity index (χ1v) is 10.5. The molecule has 28 heavy (non-hydrogen) atoms. The van der Waals surface area contributed by atoms with Gasteiger partial charge in [-0.15, -0.1) is 0 Å². The average Bonchev–Trinajstić information content (AvgIpc) is 3.40. The molecule has 3 aliphatic rings. The first kappa shape index (κ1) is 16.7. The van der Waals surface area contributed by atoms with Crippen LogP contribution in [0.2, 0.25) is 0 Å². The molecule has 0 radical (unpaired) electrons. The lowest BCUT2D eigenvalue weighted by Gasteiger charge is -2.41. The Morgan fingerprint density at radius 2 is 1.93 bits per heavy atom. The average molecular weight is 375 g/mol. The maximum absolute atomic E-state index is 6.09. The van der Waals surface area contributed by atoms with Gasteiger partial charge in [-0.25, -0.2) is 0 Å². The largest absolute Gasteiger partial charge is 0.367 e. The maximum atomic E-state index is 6.09. The number of nitrogens with zero attached hydrogens (tertiary/aromatic N) is 3. The van der Waals surface area contributed by atoms with E-state index in [1.54, 1.807) is 0 Å². The van der Waals surface area contributed by atoms with Crippen LogP contribution in [-0.2, 0) is 4.74 Å². The minimum Gasteiger partial charge on any atom is -0.367 e. The third kappa shape index (κ3) is 2.85. The Morgan fingerprint density at radius 3 is 2.93 bits per heavy atom. The van der Waals surface area contributed by atoms with Gasteiger partial charge in [0.1, 0.15) is 6.10 Å². The normalized spacial score (nSPS) is 30.3. The molecule has 1 aliphatic carbocycles. The number of fused-ring (bicyclic) bond motifs is 2. The van der Waals surface area contributed by atoms with Gasteiger partial charge in [0.05, 0.1) is 6.61 Å². The Morgan fingerprint density at radius 1 is 1.00 bits per heavy atom. The molecular formula is C23H25N3O2. The van der Waals surface area contributed by atoms with Gasteiger partial charge in [0.15, 0.2) is 0 Å². The van der Waals surface area contributed by atoms with Crippen molar-refractivity contribution < 1.29 is 9.26 Å². The highest BCUT2D eigenvalue weighted by molar-refractivity contribution is 5.86. The standard InChI is InChI=1S/C23H25N3O2/c1-2-9-17-15(6-1)7-5-10-18(17)19-12-20(19)23-24-22(25-28-23)21-13-26-11-4-3-8-16(26)14-27-21/h1-2,5-7,9-10,16,19-21H,3-4,8,11-14H2. The van der Waals surface area contributed by atoms with Crippen LogP contribution in [0.5, 0.6) is 0 Å². The van der Waals surface area contributed by atoms with Crippen molar-refractivity contribution in [3.05, 3.63) is 59.7 Å². The second kappa shape index (κ2) is 6.68. The molecule has 4 unspecified atom stereocenters. The monoisotopic (exact) mass is 375 g/mol. The van der Waals surface area contributed by atoms with Gasteiger partial charge in [0, 0.05) is 18.5 Å². The van der Waals surface area contributed by atoms with E-state index in [-0.39, 0.29) is 6.10 Å². The number of hydrogen-bond donors (Lipinski definition) is 0. The summed E-state index contributed by atoms with van der Waals surface area (Å²) in [6, 6.07) is 15.7. The molecule has 4 atom stereocenters. The quantitative estimate of drug-likeness (QED) is 0.678. The van der Waals surface area contributed by atoms with E-state index in [9.17, 15) is 0 Å². The van der Waals surface area contributed by atoms with Crippen molar-refractivity contribution in [1.82, 2.24) is 15.0 Å². The minimum atomic E-state index is -0.0541. The van der Waals surface area contributed by atoms with Gasteiger partial charge < -0.3 is 9.26 Å². The number of morpholine rings is 1. The van der Waals surface area contributed by atoms with E-state index in [1.165, 1.54) is 42.1 Å². The van der Waals surface area contributed by atoms with Gasteiger partial charge in [0.2, 0.25) is 11.7 Å². The number of piperidine rings is 1. The van der Waals surface area contributed by atoms with Crippen LogP contribution < -0.4 is 0 Å². The van der Waals surface area contributed by atoms with Crippen molar-refractivity contribution in [2.45, 2.75) is 49.7 Å². The Labute approximate surface area is 164 Å². The number of hydrogen-bond acceptors (Lipinski definition) is 5. The van der Waals surface area contributed by atoms with E-state index >= 15 is 0 Å². The fourth-order valence-electron chi connectivity index (χ4n) is 5.05. The molecule has 0 N–H and O–H groups in total. The fourth-order valence-corrected chi connectivity index (χ4v) is 5.05. The predicted octanol–water partition coefficient (Wildman–Crippen LogP) is 4.42. The van der Waals surface area contributed by atoms with E-state index < -0.39 is 0 Å². The van der Waals surface area contributed by atoms with E-state index in [1.807, 2.05) is 0 Å². The van der Waals surface area contributed by atoms with E-state index in [0.29, 0.717) is 17.9 Å². The molecule has 5 heteroatoms. The summed E-state index contributed by atoms with van der Waals surface area (Å²) in [6.07, 6.45) is 4.88. The lowest BCUT2D eigenvalue weighted by atomic mass is 10.00. The summed E-state index contributed by atoms with van der Waals surface area (Å²) in [5, 5.41) is 6.92. The molecule has 0 bridgehead atoms. The summed E-state index contributed by atoms with van der Waals surface area (Å²) in [6.45, 7) is 2.85. The summed E-state index contributed by atoms with van der Waals surface area (Å²) >= 11 is 0. The van der Waals surface area contributed by atoms with Gasteiger partial charge in [-0.3, -0.25) is 4.90 Å². The first-order chi connectivity index (χ1) is 13.9. The van der Waals surface area contributed by atoms with Gasteiger partial charge in [-0.1, -0.05) is 54.0 Å². The molecule has 3 heterocycles. The smallest absolute Gasteiger partial charge is 0.230 e. The molecule has 0 amide bonds. The molecule has 144 valence electrons. The van der Waals surface area contributed by atoms with Crippen LogP contribution in [0.25, 0.3) is 10.8 Å². The summed E-state index contributed by atoms with van der Waals surface area (Å²) in [5.41, 5.74) is 1.40.